The maximum absolute atomic E-state index is 12.4. The number of likely N-dealkylation sites (tertiary alicyclic amines) is 1. The highest BCUT2D eigenvalue weighted by molar-refractivity contribution is 14.0. The summed E-state index contributed by atoms with van der Waals surface area (Å²) < 4.78 is 30.2. The van der Waals surface area contributed by atoms with Crippen molar-refractivity contribution in [1.82, 2.24) is 15.5 Å². The number of nitrogens with zero attached hydrogens (tertiary/aromatic N) is 2. The fourth-order valence-corrected chi connectivity index (χ4v) is 3.07. The lowest BCUT2D eigenvalue weighted by molar-refractivity contribution is 0.0744. The van der Waals surface area contributed by atoms with Crippen molar-refractivity contribution in [3.63, 3.8) is 0 Å². The zero-order valence-electron chi connectivity index (χ0n) is 15.0. The Morgan fingerprint density at radius 2 is 2.16 bits per heavy atom. The van der Waals surface area contributed by atoms with E-state index in [4.69, 9.17) is 4.74 Å². The highest BCUT2D eigenvalue weighted by atomic mass is 127. The van der Waals surface area contributed by atoms with Crippen molar-refractivity contribution in [3.8, 4) is 0 Å². The SMILES string of the molecule is CCNC(=NCCC1=CCOCC1)NC1CCN(CC(F)F)CC1.I. The van der Waals surface area contributed by atoms with E-state index in [2.05, 4.69) is 21.7 Å². The third kappa shape index (κ3) is 9.14. The van der Waals surface area contributed by atoms with Crippen LogP contribution in [0.15, 0.2) is 16.6 Å². The maximum atomic E-state index is 12.4. The first kappa shape index (κ1) is 22.6. The van der Waals surface area contributed by atoms with Gasteiger partial charge in [0.05, 0.1) is 19.8 Å². The molecule has 2 aliphatic heterocycles. The molecule has 25 heavy (non-hydrogen) atoms. The maximum Gasteiger partial charge on any atom is 0.251 e. The zero-order chi connectivity index (χ0) is 17.2. The Hall–Kier alpha value is -0.480. The number of nitrogens with one attached hydrogen (secondary N) is 2. The molecule has 2 aliphatic rings. The second kappa shape index (κ2) is 12.8. The fourth-order valence-electron chi connectivity index (χ4n) is 3.07. The van der Waals surface area contributed by atoms with Gasteiger partial charge in [0, 0.05) is 32.2 Å². The van der Waals surface area contributed by atoms with Gasteiger partial charge < -0.3 is 15.4 Å². The molecule has 8 heteroatoms. The molecule has 2 N–H and O–H groups in total. The van der Waals surface area contributed by atoms with Crippen molar-refractivity contribution < 1.29 is 13.5 Å². The van der Waals surface area contributed by atoms with Crippen LogP contribution in [0, 0.1) is 0 Å². The van der Waals surface area contributed by atoms with E-state index in [-0.39, 0.29) is 30.5 Å². The van der Waals surface area contributed by atoms with E-state index < -0.39 is 6.43 Å². The molecule has 1 saturated heterocycles. The number of piperidine rings is 1. The third-order valence-corrected chi connectivity index (χ3v) is 4.43. The van der Waals surface area contributed by atoms with E-state index >= 15 is 0 Å². The van der Waals surface area contributed by atoms with Crippen LogP contribution in [-0.4, -0.2) is 69.3 Å². The number of halogens is 3. The third-order valence-electron chi connectivity index (χ3n) is 4.43. The molecule has 0 atom stereocenters. The first-order valence-corrected chi connectivity index (χ1v) is 8.98. The van der Waals surface area contributed by atoms with E-state index in [9.17, 15) is 8.78 Å². The molecule has 0 aliphatic carbocycles. The normalized spacial score (nSPS) is 20.2. The molecule has 0 spiro atoms. The van der Waals surface area contributed by atoms with Gasteiger partial charge in [-0.2, -0.15) is 0 Å². The van der Waals surface area contributed by atoms with Gasteiger partial charge in [0.25, 0.3) is 6.43 Å². The predicted molar refractivity (Wildman–Crippen MR) is 108 cm³/mol. The molecule has 2 rings (SSSR count). The summed E-state index contributed by atoms with van der Waals surface area (Å²) in [7, 11) is 0. The quantitative estimate of drug-likeness (QED) is 0.259. The van der Waals surface area contributed by atoms with Crippen LogP contribution < -0.4 is 10.6 Å². The highest BCUT2D eigenvalue weighted by Gasteiger charge is 2.21. The molecule has 0 aromatic carbocycles. The van der Waals surface area contributed by atoms with E-state index in [0.29, 0.717) is 25.7 Å². The van der Waals surface area contributed by atoms with Crippen molar-refractivity contribution in [2.45, 2.75) is 45.1 Å². The van der Waals surface area contributed by atoms with Crippen LogP contribution in [0.25, 0.3) is 0 Å². The van der Waals surface area contributed by atoms with Gasteiger partial charge in [-0.15, -0.1) is 24.0 Å². The van der Waals surface area contributed by atoms with Gasteiger partial charge in [0.1, 0.15) is 0 Å². The Labute approximate surface area is 166 Å². The second-order valence-corrected chi connectivity index (χ2v) is 6.31. The molecule has 146 valence electrons. The molecule has 0 aromatic heterocycles. The lowest BCUT2D eigenvalue weighted by atomic mass is 10.1. The van der Waals surface area contributed by atoms with Crippen LogP contribution in [-0.2, 0) is 4.74 Å². The van der Waals surface area contributed by atoms with Crippen molar-refractivity contribution in [1.29, 1.82) is 0 Å². The summed E-state index contributed by atoms with van der Waals surface area (Å²) in [5.41, 5.74) is 1.42. The average Bonchev–Trinajstić information content (AvgIpc) is 2.57. The van der Waals surface area contributed by atoms with Crippen LogP contribution in [0.2, 0.25) is 0 Å². The molecule has 2 heterocycles. The largest absolute Gasteiger partial charge is 0.377 e. The number of guanidine groups is 1. The Bertz CT molecular complexity index is 427. The van der Waals surface area contributed by atoms with Crippen molar-refractivity contribution in [3.05, 3.63) is 11.6 Å². The van der Waals surface area contributed by atoms with Crippen LogP contribution in [0.1, 0.15) is 32.6 Å². The smallest absolute Gasteiger partial charge is 0.251 e. The summed E-state index contributed by atoms with van der Waals surface area (Å²) in [6.07, 6.45) is 3.62. The van der Waals surface area contributed by atoms with Gasteiger partial charge in [-0.3, -0.25) is 9.89 Å². The van der Waals surface area contributed by atoms with Crippen molar-refractivity contribution in [2.75, 3.05) is 45.9 Å². The monoisotopic (exact) mass is 472 g/mol. The van der Waals surface area contributed by atoms with E-state index in [1.807, 2.05) is 11.8 Å². The average molecular weight is 472 g/mol. The molecular weight excluding hydrogens is 441 g/mol. The highest BCUT2D eigenvalue weighted by Crippen LogP contribution is 2.13. The molecule has 0 unspecified atom stereocenters. The summed E-state index contributed by atoms with van der Waals surface area (Å²) in [6.45, 7) is 6.46. The number of hydrogen-bond acceptors (Lipinski definition) is 3. The Kier molecular flexibility index (Phi) is 11.6. The summed E-state index contributed by atoms with van der Waals surface area (Å²) in [5.74, 6) is 0.831. The van der Waals surface area contributed by atoms with Crippen LogP contribution in [0.3, 0.4) is 0 Å². The first-order chi connectivity index (χ1) is 11.7. The van der Waals surface area contributed by atoms with Crippen LogP contribution >= 0.6 is 24.0 Å². The molecule has 0 saturated carbocycles. The number of aliphatic imine (C=N–C) groups is 1. The lowest BCUT2D eigenvalue weighted by Gasteiger charge is -2.32. The molecule has 0 aromatic rings. The minimum Gasteiger partial charge on any atom is -0.377 e. The van der Waals surface area contributed by atoms with Crippen molar-refractivity contribution >= 4 is 29.9 Å². The van der Waals surface area contributed by atoms with Crippen LogP contribution in [0.5, 0.6) is 0 Å². The van der Waals surface area contributed by atoms with Gasteiger partial charge in [-0.25, -0.2) is 8.78 Å². The zero-order valence-corrected chi connectivity index (χ0v) is 17.3. The van der Waals surface area contributed by atoms with Gasteiger partial charge in [0.15, 0.2) is 5.96 Å². The number of ether oxygens (including phenoxy) is 1. The summed E-state index contributed by atoms with van der Waals surface area (Å²) in [5, 5.41) is 6.72. The number of alkyl halides is 2. The van der Waals surface area contributed by atoms with E-state index in [0.717, 1.165) is 51.3 Å². The van der Waals surface area contributed by atoms with Crippen molar-refractivity contribution in [2.24, 2.45) is 4.99 Å². The predicted octanol–water partition coefficient (Wildman–Crippen LogP) is 2.63. The van der Waals surface area contributed by atoms with Gasteiger partial charge in [-0.05, 0) is 32.6 Å². The molecular formula is C17H31F2IN4O. The van der Waals surface area contributed by atoms with Gasteiger partial charge in [0.2, 0.25) is 0 Å². The van der Waals surface area contributed by atoms with Gasteiger partial charge >= 0.3 is 0 Å². The lowest BCUT2D eigenvalue weighted by Crippen LogP contribution is -2.49. The first-order valence-electron chi connectivity index (χ1n) is 8.98. The van der Waals surface area contributed by atoms with E-state index in [1.165, 1.54) is 5.57 Å². The minimum absolute atomic E-state index is 0. The molecule has 1 fully saturated rings. The number of hydrogen-bond donors (Lipinski definition) is 2. The Morgan fingerprint density at radius 3 is 2.76 bits per heavy atom. The Balaban J connectivity index is 0.00000312. The fraction of sp³-hybridized carbons (Fsp3) is 0.824. The Morgan fingerprint density at radius 1 is 1.40 bits per heavy atom. The molecule has 0 bridgehead atoms. The molecule has 0 amide bonds. The summed E-state index contributed by atoms with van der Waals surface area (Å²) in [6, 6.07) is 0.305. The number of rotatable bonds is 7. The summed E-state index contributed by atoms with van der Waals surface area (Å²) in [4.78, 5) is 6.49. The standard InChI is InChI=1S/C17H30F2N4O.HI/c1-2-20-17(21-8-3-14-6-11-24-12-7-14)22-15-4-9-23(10-5-15)13-16(18)19;/h6,15-16H,2-5,7-13H2,1H3,(H2,20,21,22);1H. The second-order valence-electron chi connectivity index (χ2n) is 6.31. The molecule has 0 radical (unpaired) electrons. The van der Waals surface area contributed by atoms with Crippen LogP contribution in [0.4, 0.5) is 8.78 Å². The van der Waals surface area contributed by atoms with Gasteiger partial charge in [-0.1, -0.05) is 11.6 Å². The topological polar surface area (TPSA) is 48.9 Å². The summed E-state index contributed by atoms with van der Waals surface area (Å²) >= 11 is 0. The van der Waals surface area contributed by atoms with E-state index in [1.54, 1.807) is 0 Å². The molecule has 5 nitrogen and oxygen atoms in total. The minimum atomic E-state index is -2.24.